The standard InChI is InChI=1S/C18H17N5O2S/c24-16-6-2-5-15-12-7-11(9-23(15)16)8-22(10-12)18(26)19-13-3-1-4-14-17(13)21-25-20-14/h1-6,11-12H,7-10H2,(H,19,26)/t11-,12-/m0/s1. The topological polar surface area (TPSA) is 76.2 Å². The predicted octanol–water partition coefficient (Wildman–Crippen LogP) is 2.20. The van der Waals surface area contributed by atoms with Gasteiger partial charge in [0.2, 0.25) is 0 Å². The Labute approximate surface area is 154 Å². The Morgan fingerprint density at radius 3 is 2.96 bits per heavy atom. The first-order valence-electron chi connectivity index (χ1n) is 8.66. The molecule has 0 unspecified atom stereocenters. The number of nitrogens with one attached hydrogen (secondary N) is 1. The van der Waals surface area contributed by atoms with E-state index in [9.17, 15) is 4.79 Å². The molecule has 8 heteroatoms. The quantitative estimate of drug-likeness (QED) is 0.661. The van der Waals surface area contributed by atoms with E-state index in [0.29, 0.717) is 28.0 Å². The van der Waals surface area contributed by atoms with E-state index in [1.807, 2.05) is 28.8 Å². The summed E-state index contributed by atoms with van der Waals surface area (Å²) in [6.07, 6.45) is 1.10. The second-order valence-electron chi connectivity index (χ2n) is 6.97. The lowest BCUT2D eigenvalue weighted by Crippen LogP contribution is -2.50. The van der Waals surface area contributed by atoms with Crippen LogP contribution in [0.1, 0.15) is 18.0 Å². The first-order chi connectivity index (χ1) is 12.7. The molecule has 0 saturated carbocycles. The lowest BCUT2D eigenvalue weighted by Gasteiger charge is -2.43. The summed E-state index contributed by atoms with van der Waals surface area (Å²) in [4.78, 5) is 14.3. The Kier molecular flexibility index (Phi) is 3.53. The summed E-state index contributed by atoms with van der Waals surface area (Å²) in [5.41, 5.74) is 3.37. The van der Waals surface area contributed by atoms with Gasteiger partial charge in [0.05, 0.1) is 5.69 Å². The van der Waals surface area contributed by atoms with Crippen molar-refractivity contribution in [3.05, 3.63) is 52.4 Å². The van der Waals surface area contributed by atoms with Crippen LogP contribution in [0.5, 0.6) is 0 Å². The number of thiocarbonyl (C=S) groups is 1. The van der Waals surface area contributed by atoms with E-state index < -0.39 is 0 Å². The summed E-state index contributed by atoms with van der Waals surface area (Å²) in [7, 11) is 0. The average molecular weight is 367 g/mol. The van der Waals surface area contributed by atoms with Crippen LogP contribution < -0.4 is 10.9 Å². The molecule has 2 aliphatic rings. The zero-order chi connectivity index (χ0) is 17.7. The first kappa shape index (κ1) is 15.5. The number of piperidine rings is 1. The van der Waals surface area contributed by atoms with Gasteiger partial charge < -0.3 is 14.8 Å². The Morgan fingerprint density at radius 2 is 2.04 bits per heavy atom. The summed E-state index contributed by atoms with van der Waals surface area (Å²) < 4.78 is 6.74. The molecule has 2 aliphatic heterocycles. The highest BCUT2D eigenvalue weighted by Crippen LogP contribution is 2.35. The molecule has 2 aromatic heterocycles. The first-order valence-corrected chi connectivity index (χ1v) is 9.07. The molecular formula is C18H17N5O2S. The maximum absolute atomic E-state index is 12.1. The highest BCUT2D eigenvalue weighted by atomic mass is 32.1. The maximum atomic E-state index is 12.1. The zero-order valence-corrected chi connectivity index (χ0v) is 14.8. The molecule has 132 valence electrons. The van der Waals surface area contributed by atoms with Crippen LogP contribution in [-0.4, -0.2) is 38.0 Å². The average Bonchev–Trinajstić information content (AvgIpc) is 3.12. The van der Waals surface area contributed by atoms with Gasteiger partial charge in [-0.3, -0.25) is 4.79 Å². The van der Waals surface area contributed by atoms with Crippen molar-refractivity contribution in [2.45, 2.75) is 18.9 Å². The Bertz CT molecular complexity index is 1060. The highest BCUT2D eigenvalue weighted by molar-refractivity contribution is 7.80. The van der Waals surface area contributed by atoms with Gasteiger partial charge in [-0.25, -0.2) is 4.63 Å². The summed E-state index contributed by atoms with van der Waals surface area (Å²) in [6.45, 7) is 2.41. The lowest BCUT2D eigenvalue weighted by atomic mass is 9.83. The number of rotatable bonds is 1. The Balaban J connectivity index is 1.40. The van der Waals surface area contributed by atoms with Crippen LogP contribution in [0.4, 0.5) is 5.69 Å². The van der Waals surface area contributed by atoms with Gasteiger partial charge >= 0.3 is 0 Å². The van der Waals surface area contributed by atoms with Crippen LogP contribution >= 0.6 is 12.2 Å². The van der Waals surface area contributed by atoms with Crippen LogP contribution in [-0.2, 0) is 6.54 Å². The van der Waals surface area contributed by atoms with Crippen LogP contribution in [0.25, 0.3) is 11.0 Å². The smallest absolute Gasteiger partial charge is 0.250 e. The number of hydrogen-bond donors (Lipinski definition) is 1. The van der Waals surface area contributed by atoms with E-state index >= 15 is 0 Å². The molecule has 0 radical (unpaired) electrons. The van der Waals surface area contributed by atoms with Crippen molar-refractivity contribution < 1.29 is 4.63 Å². The lowest BCUT2D eigenvalue weighted by molar-refractivity contribution is 0.180. The van der Waals surface area contributed by atoms with Crippen molar-refractivity contribution >= 4 is 34.1 Å². The molecule has 2 atom stereocenters. The number of anilines is 1. The second kappa shape index (κ2) is 5.91. The molecule has 4 heterocycles. The largest absolute Gasteiger partial charge is 0.348 e. The van der Waals surface area contributed by atoms with Crippen molar-refractivity contribution in [1.29, 1.82) is 0 Å². The molecule has 0 spiro atoms. The third-order valence-corrected chi connectivity index (χ3v) is 5.65. The molecule has 3 aromatic rings. The van der Waals surface area contributed by atoms with E-state index in [4.69, 9.17) is 16.8 Å². The van der Waals surface area contributed by atoms with Crippen molar-refractivity contribution in [3.8, 4) is 0 Å². The van der Waals surface area contributed by atoms with Gasteiger partial charge in [0.15, 0.2) is 10.6 Å². The molecule has 1 N–H and O–H groups in total. The van der Waals surface area contributed by atoms with E-state index in [0.717, 1.165) is 37.4 Å². The third-order valence-electron chi connectivity index (χ3n) is 5.29. The molecule has 7 nitrogen and oxygen atoms in total. The summed E-state index contributed by atoms with van der Waals surface area (Å²) >= 11 is 5.66. The van der Waals surface area contributed by atoms with E-state index in [2.05, 4.69) is 26.6 Å². The van der Waals surface area contributed by atoms with Crippen molar-refractivity contribution in [1.82, 2.24) is 19.8 Å². The van der Waals surface area contributed by atoms with Gasteiger partial charge in [0.1, 0.15) is 5.52 Å². The van der Waals surface area contributed by atoms with Crippen molar-refractivity contribution in [3.63, 3.8) is 0 Å². The van der Waals surface area contributed by atoms with Gasteiger partial charge in [0.25, 0.3) is 5.56 Å². The zero-order valence-electron chi connectivity index (χ0n) is 14.0. The SMILES string of the molecule is O=c1cccc2n1C[C@H]1C[C@H]2CN(C(=S)Nc2cccc3nonc23)C1. The molecule has 26 heavy (non-hydrogen) atoms. The fourth-order valence-electron chi connectivity index (χ4n) is 4.16. The van der Waals surface area contributed by atoms with Crippen LogP contribution in [0, 0.1) is 5.92 Å². The summed E-state index contributed by atoms with van der Waals surface area (Å²) in [5, 5.41) is 11.8. The third kappa shape index (κ3) is 2.48. The fourth-order valence-corrected chi connectivity index (χ4v) is 4.42. The highest BCUT2D eigenvalue weighted by Gasteiger charge is 2.35. The molecule has 0 aliphatic carbocycles. The molecule has 0 amide bonds. The van der Waals surface area contributed by atoms with Crippen LogP contribution in [0.15, 0.2) is 45.8 Å². The van der Waals surface area contributed by atoms with Gasteiger partial charge in [0, 0.05) is 37.3 Å². The van der Waals surface area contributed by atoms with E-state index in [1.165, 1.54) is 0 Å². The Morgan fingerprint density at radius 1 is 1.15 bits per heavy atom. The van der Waals surface area contributed by atoms with Gasteiger partial charge in [-0.05, 0) is 53.1 Å². The minimum Gasteiger partial charge on any atom is -0.348 e. The molecule has 5 rings (SSSR count). The number of fused-ring (bicyclic) bond motifs is 5. The molecule has 1 aromatic carbocycles. The molecular weight excluding hydrogens is 350 g/mol. The number of pyridine rings is 1. The molecule has 1 fully saturated rings. The fraction of sp³-hybridized carbons (Fsp3) is 0.333. The number of likely N-dealkylation sites (tertiary alicyclic amines) is 1. The summed E-state index contributed by atoms with van der Waals surface area (Å²) in [6, 6.07) is 11.2. The molecule has 2 bridgehead atoms. The number of benzene rings is 1. The van der Waals surface area contributed by atoms with Crippen LogP contribution in [0.2, 0.25) is 0 Å². The minimum atomic E-state index is 0.0940. The Hall–Kier alpha value is -2.74. The number of hydrogen-bond acceptors (Lipinski definition) is 5. The summed E-state index contributed by atoms with van der Waals surface area (Å²) in [5.74, 6) is 0.742. The normalized spacial score (nSPS) is 21.5. The van der Waals surface area contributed by atoms with Crippen molar-refractivity contribution in [2.75, 3.05) is 18.4 Å². The second-order valence-corrected chi connectivity index (χ2v) is 7.36. The molecule has 1 saturated heterocycles. The predicted molar refractivity (Wildman–Crippen MR) is 101 cm³/mol. The maximum Gasteiger partial charge on any atom is 0.250 e. The van der Waals surface area contributed by atoms with Gasteiger partial charge in [-0.1, -0.05) is 12.1 Å². The number of aromatic nitrogens is 3. The van der Waals surface area contributed by atoms with E-state index in [1.54, 1.807) is 6.07 Å². The monoisotopic (exact) mass is 367 g/mol. The van der Waals surface area contributed by atoms with E-state index in [-0.39, 0.29) is 5.56 Å². The van der Waals surface area contributed by atoms with Crippen LogP contribution in [0.3, 0.4) is 0 Å². The van der Waals surface area contributed by atoms with Gasteiger partial charge in [-0.2, -0.15) is 0 Å². The minimum absolute atomic E-state index is 0.0940. The van der Waals surface area contributed by atoms with Crippen molar-refractivity contribution in [2.24, 2.45) is 5.92 Å². The number of nitrogens with zero attached hydrogens (tertiary/aromatic N) is 4. The van der Waals surface area contributed by atoms with Gasteiger partial charge in [-0.15, -0.1) is 0 Å².